The Labute approximate surface area is 104 Å². The van der Waals surface area contributed by atoms with E-state index < -0.39 is 5.54 Å². The fourth-order valence-electron chi connectivity index (χ4n) is 2.06. The monoisotopic (exact) mass is 243 g/mol. The highest BCUT2D eigenvalue weighted by molar-refractivity contribution is 5.82. The zero-order valence-electron chi connectivity index (χ0n) is 11.4. The van der Waals surface area contributed by atoms with Gasteiger partial charge in [-0.1, -0.05) is 13.8 Å². The average molecular weight is 243 g/mol. The van der Waals surface area contributed by atoms with Crippen LogP contribution in [0, 0.1) is 11.8 Å². The molecule has 0 aromatic heterocycles. The van der Waals surface area contributed by atoms with Crippen molar-refractivity contribution in [3.05, 3.63) is 0 Å². The summed E-state index contributed by atoms with van der Waals surface area (Å²) in [6.07, 6.45) is 2.15. The molecule has 1 atom stereocenters. The average Bonchev–Trinajstić information content (AvgIpc) is 3.08. The third-order valence-corrected chi connectivity index (χ3v) is 3.11. The minimum absolute atomic E-state index is 0.162. The van der Waals surface area contributed by atoms with Gasteiger partial charge in [0, 0.05) is 7.11 Å². The second kappa shape index (κ2) is 6.36. The summed E-state index contributed by atoms with van der Waals surface area (Å²) in [7, 11) is 1.63. The predicted octanol–water partition coefficient (Wildman–Crippen LogP) is 1.59. The summed E-state index contributed by atoms with van der Waals surface area (Å²) in [4.78, 5) is 12.2. The molecule has 0 saturated heterocycles. The van der Waals surface area contributed by atoms with E-state index >= 15 is 0 Å². The van der Waals surface area contributed by atoms with Crippen molar-refractivity contribution >= 4 is 5.97 Å². The van der Waals surface area contributed by atoms with Crippen LogP contribution < -0.4 is 5.32 Å². The molecule has 1 aliphatic carbocycles. The normalized spacial score (nSPS) is 19.1. The largest absolute Gasteiger partial charge is 0.465 e. The maximum absolute atomic E-state index is 12.2. The summed E-state index contributed by atoms with van der Waals surface area (Å²) >= 11 is 0. The van der Waals surface area contributed by atoms with Crippen LogP contribution in [0.4, 0.5) is 0 Å². The van der Waals surface area contributed by atoms with Crippen LogP contribution in [0.3, 0.4) is 0 Å². The molecule has 0 aromatic rings. The molecule has 1 N–H and O–H groups in total. The summed E-state index contributed by atoms with van der Waals surface area (Å²) in [6, 6.07) is 0. The lowest BCUT2D eigenvalue weighted by molar-refractivity contribution is -0.155. The van der Waals surface area contributed by atoms with Crippen LogP contribution in [0.5, 0.6) is 0 Å². The number of methoxy groups -OCH3 is 1. The first kappa shape index (κ1) is 14.5. The molecule has 0 radical (unpaired) electrons. The quantitative estimate of drug-likeness (QED) is 0.658. The molecule has 0 aromatic carbocycles. The van der Waals surface area contributed by atoms with E-state index in [0.29, 0.717) is 25.0 Å². The minimum atomic E-state index is -0.630. The molecular formula is C13H25NO3. The van der Waals surface area contributed by atoms with Gasteiger partial charge in [-0.3, -0.25) is 5.32 Å². The molecule has 1 unspecified atom stereocenters. The van der Waals surface area contributed by atoms with Gasteiger partial charge < -0.3 is 9.47 Å². The fraction of sp³-hybridized carbons (Fsp3) is 0.923. The number of esters is 1. The van der Waals surface area contributed by atoms with Gasteiger partial charge in [0.05, 0.1) is 13.2 Å². The van der Waals surface area contributed by atoms with Crippen molar-refractivity contribution < 1.29 is 14.3 Å². The van der Waals surface area contributed by atoms with Crippen LogP contribution >= 0.6 is 0 Å². The van der Waals surface area contributed by atoms with Gasteiger partial charge in [-0.25, -0.2) is 4.79 Å². The zero-order chi connectivity index (χ0) is 12.9. The van der Waals surface area contributed by atoms with Crippen molar-refractivity contribution in [3.63, 3.8) is 0 Å². The van der Waals surface area contributed by atoms with E-state index in [2.05, 4.69) is 19.2 Å². The zero-order valence-corrected chi connectivity index (χ0v) is 11.4. The predicted molar refractivity (Wildman–Crippen MR) is 66.8 cm³/mol. The fourth-order valence-corrected chi connectivity index (χ4v) is 2.06. The van der Waals surface area contributed by atoms with Crippen LogP contribution in [-0.4, -0.2) is 38.4 Å². The van der Waals surface area contributed by atoms with Crippen LogP contribution in [0.1, 0.15) is 33.6 Å². The maximum Gasteiger partial charge on any atom is 0.329 e. The number of carbonyl (C=O) groups is 1. The molecule has 4 heteroatoms. The van der Waals surface area contributed by atoms with Crippen molar-refractivity contribution in [2.75, 3.05) is 26.9 Å². The van der Waals surface area contributed by atoms with Crippen molar-refractivity contribution in [1.82, 2.24) is 5.32 Å². The van der Waals surface area contributed by atoms with Gasteiger partial charge in [0.15, 0.2) is 0 Å². The highest BCUT2D eigenvalue weighted by atomic mass is 16.5. The Morgan fingerprint density at radius 3 is 2.53 bits per heavy atom. The second-order valence-corrected chi connectivity index (χ2v) is 5.17. The lowest BCUT2D eigenvalue weighted by atomic mass is 9.93. The molecular weight excluding hydrogens is 218 g/mol. The molecule has 1 aliphatic rings. The van der Waals surface area contributed by atoms with Crippen molar-refractivity contribution in [3.8, 4) is 0 Å². The topological polar surface area (TPSA) is 47.6 Å². The van der Waals surface area contributed by atoms with Crippen LogP contribution in [0.15, 0.2) is 0 Å². The van der Waals surface area contributed by atoms with E-state index in [9.17, 15) is 4.79 Å². The van der Waals surface area contributed by atoms with Gasteiger partial charge in [-0.2, -0.15) is 0 Å². The summed E-state index contributed by atoms with van der Waals surface area (Å²) in [5.74, 6) is 0.699. The first-order chi connectivity index (χ1) is 8.06. The number of hydrogen-bond acceptors (Lipinski definition) is 4. The Hall–Kier alpha value is -0.610. The van der Waals surface area contributed by atoms with Gasteiger partial charge in [-0.05, 0) is 38.1 Å². The molecule has 0 heterocycles. The SMILES string of the molecule is CCOC(=O)C(COC)(NCC(C)C)C1CC1. The molecule has 1 rings (SSSR count). The van der Waals surface area contributed by atoms with Crippen LogP contribution in [0.25, 0.3) is 0 Å². The number of hydrogen-bond donors (Lipinski definition) is 1. The van der Waals surface area contributed by atoms with Crippen LogP contribution in [0.2, 0.25) is 0 Å². The first-order valence-electron chi connectivity index (χ1n) is 6.48. The third-order valence-electron chi connectivity index (χ3n) is 3.11. The molecule has 100 valence electrons. The van der Waals surface area contributed by atoms with Gasteiger partial charge in [0.2, 0.25) is 0 Å². The first-order valence-corrected chi connectivity index (χ1v) is 6.48. The molecule has 1 fully saturated rings. The molecule has 0 aliphatic heterocycles. The van der Waals surface area contributed by atoms with E-state index in [4.69, 9.17) is 9.47 Å². The molecule has 17 heavy (non-hydrogen) atoms. The van der Waals surface area contributed by atoms with E-state index in [1.165, 1.54) is 0 Å². The maximum atomic E-state index is 12.2. The molecule has 0 bridgehead atoms. The Kier molecular flexibility index (Phi) is 5.40. The van der Waals surface area contributed by atoms with Crippen molar-refractivity contribution in [1.29, 1.82) is 0 Å². The number of rotatable bonds is 8. The van der Waals surface area contributed by atoms with E-state index in [1.54, 1.807) is 7.11 Å². The molecule has 1 saturated carbocycles. The summed E-state index contributed by atoms with van der Waals surface area (Å²) in [5, 5.41) is 3.38. The Bertz CT molecular complexity index is 251. The highest BCUT2D eigenvalue weighted by Gasteiger charge is 2.52. The lowest BCUT2D eigenvalue weighted by Crippen LogP contribution is -2.59. The van der Waals surface area contributed by atoms with E-state index in [0.717, 1.165) is 19.4 Å². The summed E-state index contributed by atoms with van der Waals surface area (Å²) in [6.45, 7) is 7.71. The van der Waals surface area contributed by atoms with Gasteiger partial charge in [0.25, 0.3) is 0 Å². The van der Waals surface area contributed by atoms with Gasteiger partial charge >= 0.3 is 5.97 Å². The summed E-state index contributed by atoms with van der Waals surface area (Å²) in [5.41, 5.74) is -0.630. The van der Waals surface area contributed by atoms with Crippen LogP contribution in [-0.2, 0) is 14.3 Å². The van der Waals surface area contributed by atoms with Crippen molar-refractivity contribution in [2.24, 2.45) is 11.8 Å². The smallest absolute Gasteiger partial charge is 0.329 e. The second-order valence-electron chi connectivity index (χ2n) is 5.17. The van der Waals surface area contributed by atoms with E-state index in [-0.39, 0.29) is 5.97 Å². The van der Waals surface area contributed by atoms with E-state index in [1.807, 2.05) is 6.92 Å². The highest BCUT2D eigenvalue weighted by Crippen LogP contribution is 2.40. The molecule has 0 amide bonds. The Morgan fingerprint density at radius 1 is 1.47 bits per heavy atom. The summed E-state index contributed by atoms with van der Waals surface area (Å²) < 4.78 is 10.5. The molecule has 0 spiro atoms. The van der Waals surface area contributed by atoms with Gasteiger partial charge in [-0.15, -0.1) is 0 Å². The lowest BCUT2D eigenvalue weighted by Gasteiger charge is -2.32. The number of nitrogens with one attached hydrogen (secondary N) is 1. The minimum Gasteiger partial charge on any atom is -0.465 e. The third kappa shape index (κ3) is 3.68. The number of carbonyl (C=O) groups excluding carboxylic acids is 1. The molecule has 4 nitrogen and oxygen atoms in total. The number of ether oxygens (including phenoxy) is 2. The Morgan fingerprint density at radius 2 is 2.12 bits per heavy atom. The van der Waals surface area contributed by atoms with Gasteiger partial charge in [0.1, 0.15) is 5.54 Å². The Balaban J connectivity index is 2.75. The standard InChI is InChI=1S/C13H25NO3/c1-5-17-12(15)13(9-16-4,11-6-7-11)14-8-10(2)3/h10-11,14H,5-9H2,1-4H3. The van der Waals surface area contributed by atoms with Crippen molar-refractivity contribution in [2.45, 2.75) is 39.2 Å².